The van der Waals surface area contributed by atoms with Gasteiger partial charge in [-0.2, -0.15) is 0 Å². The summed E-state index contributed by atoms with van der Waals surface area (Å²) in [5, 5.41) is 7.22. The molecule has 2 N–H and O–H groups in total. The van der Waals surface area contributed by atoms with Crippen molar-refractivity contribution in [3.63, 3.8) is 0 Å². The molecule has 0 bridgehead atoms. The first-order valence-electron chi connectivity index (χ1n) is 8.01. The summed E-state index contributed by atoms with van der Waals surface area (Å²) in [7, 11) is 0. The maximum absolute atomic E-state index is 3.61. The van der Waals surface area contributed by atoms with Crippen LogP contribution in [0.1, 0.15) is 22.9 Å². The highest BCUT2D eigenvalue weighted by atomic mass is 15.1. The second-order valence-electron chi connectivity index (χ2n) is 5.58. The molecule has 116 valence electrons. The first-order chi connectivity index (χ1) is 11.4. The molecule has 3 aromatic carbocycles. The molecular formula is C21H22N2. The lowest BCUT2D eigenvalue weighted by molar-refractivity contribution is 0.436. The zero-order valence-electron chi connectivity index (χ0n) is 13.2. The summed E-state index contributed by atoms with van der Waals surface area (Å²) in [6.07, 6.45) is 0.122. The fraction of sp³-hybridized carbons (Fsp3) is 0.143. The Labute approximate surface area is 138 Å². The predicted molar refractivity (Wildman–Crippen MR) is 95.7 cm³/mol. The molecule has 0 amide bonds. The van der Waals surface area contributed by atoms with E-state index in [2.05, 4.69) is 89.5 Å². The predicted octanol–water partition coefficient (Wildman–Crippen LogP) is 4.26. The molecule has 0 atom stereocenters. The van der Waals surface area contributed by atoms with Crippen LogP contribution in [0, 0.1) is 0 Å². The first kappa shape index (κ1) is 15.5. The van der Waals surface area contributed by atoms with Crippen molar-refractivity contribution in [1.82, 2.24) is 10.6 Å². The molecule has 0 aliphatic rings. The van der Waals surface area contributed by atoms with Crippen molar-refractivity contribution in [2.75, 3.05) is 0 Å². The van der Waals surface area contributed by atoms with Crippen molar-refractivity contribution in [1.29, 1.82) is 0 Å². The van der Waals surface area contributed by atoms with E-state index in [0.29, 0.717) is 0 Å². The van der Waals surface area contributed by atoms with E-state index in [1.807, 2.05) is 12.1 Å². The molecule has 0 aromatic heterocycles. The molecule has 2 heteroatoms. The molecule has 23 heavy (non-hydrogen) atoms. The fourth-order valence-corrected chi connectivity index (χ4v) is 2.58. The quantitative estimate of drug-likeness (QED) is 0.637. The Morgan fingerprint density at radius 3 is 1.35 bits per heavy atom. The second-order valence-corrected chi connectivity index (χ2v) is 5.58. The molecule has 0 radical (unpaired) electrons. The SMILES string of the molecule is c1ccc(CNC(NCc2ccccc2)c2ccccc2)cc1. The molecule has 0 aliphatic heterocycles. The van der Waals surface area contributed by atoms with E-state index in [9.17, 15) is 0 Å². The van der Waals surface area contributed by atoms with E-state index in [-0.39, 0.29) is 6.17 Å². The summed E-state index contributed by atoms with van der Waals surface area (Å²) in [5.41, 5.74) is 3.82. The molecule has 0 heterocycles. The van der Waals surface area contributed by atoms with Crippen molar-refractivity contribution < 1.29 is 0 Å². The molecule has 2 nitrogen and oxygen atoms in total. The standard InChI is InChI=1S/C21H22N2/c1-4-10-18(11-5-1)16-22-21(20-14-8-3-9-15-20)23-17-19-12-6-2-7-13-19/h1-15,21-23H,16-17H2. The number of nitrogens with one attached hydrogen (secondary N) is 2. The Hall–Kier alpha value is -2.42. The van der Waals surface area contributed by atoms with Gasteiger partial charge in [0.15, 0.2) is 0 Å². The molecule has 3 aromatic rings. The molecular weight excluding hydrogens is 280 g/mol. The van der Waals surface area contributed by atoms with Crippen LogP contribution in [0.3, 0.4) is 0 Å². The molecule has 0 unspecified atom stereocenters. The Kier molecular flexibility index (Phi) is 5.57. The molecule has 0 spiro atoms. The van der Waals surface area contributed by atoms with Crippen LogP contribution in [0.4, 0.5) is 0 Å². The minimum atomic E-state index is 0.122. The van der Waals surface area contributed by atoms with Crippen molar-refractivity contribution in [2.45, 2.75) is 19.3 Å². The summed E-state index contributed by atoms with van der Waals surface area (Å²) in [5.74, 6) is 0. The molecule has 0 saturated heterocycles. The Morgan fingerprint density at radius 1 is 0.522 bits per heavy atom. The van der Waals surface area contributed by atoms with Gasteiger partial charge in [0.2, 0.25) is 0 Å². The van der Waals surface area contributed by atoms with Gasteiger partial charge in [0.25, 0.3) is 0 Å². The fourth-order valence-electron chi connectivity index (χ4n) is 2.58. The highest BCUT2D eigenvalue weighted by Crippen LogP contribution is 2.12. The van der Waals surface area contributed by atoms with Gasteiger partial charge in [-0.1, -0.05) is 91.0 Å². The lowest BCUT2D eigenvalue weighted by Gasteiger charge is -2.21. The molecule has 0 aliphatic carbocycles. The Morgan fingerprint density at radius 2 is 0.913 bits per heavy atom. The van der Waals surface area contributed by atoms with Gasteiger partial charge in [0.1, 0.15) is 0 Å². The van der Waals surface area contributed by atoms with Gasteiger partial charge in [-0.25, -0.2) is 0 Å². The normalized spacial score (nSPS) is 10.8. The lowest BCUT2D eigenvalue weighted by atomic mass is 10.1. The molecule has 0 saturated carbocycles. The maximum Gasteiger partial charge on any atom is 0.0840 e. The van der Waals surface area contributed by atoms with Gasteiger partial charge in [0, 0.05) is 13.1 Å². The van der Waals surface area contributed by atoms with Crippen LogP contribution in [0.2, 0.25) is 0 Å². The maximum atomic E-state index is 3.61. The van der Waals surface area contributed by atoms with Gasteiger partial charge in [0.05, 0.1) is 6.17 Å². The average molecular weight is 302 g/mol. The minimum absolute atomic E-state index is 0.122. The van der Waals surface area contributed by atoms with Crippen LogP contribution < -0.4 is 10.6 Å². The van der Waals surface area contributed by atoms with Crippen LogP contribution in [0.25, 0.3) is 0 Å². The smallest absolute Gasteiger partial charge is 0.0840 e. The second kappa shape index (κ2) is 8.28. The van der Waals surface area contributed by atoms with Crippen molar-refractivity contribution in [3.8, 4) is 0 Å². The average Bonchev–Trinajstić information content (AvgIpc) is 2.64. The van der Waals surface area contributed by atoms with Gasteiger partial charge < -0.3 is 0 Å². The van der Waals surface area contributed by atoms with Gasteiger partial charge in [-0.3, -0.25) is 10.6 Å². The summed E-state index contributed by atoms with van der Waals surface area (Å²) in [6.45, 7) is 1.67. The molecule has 0 fully saturated rings. The van der Waals surface area contributed by atoms with Gasteiger partial charge in [-0.15, -0.1) is 0 Å². The summed E-state index contributed by atoms with van der Waals surface area (Å²) in [6, 6.07) is 31.5. The zero-order chi connectivity index (χ0) is 15.7. The molecule has 3 rings (SSSR count). The summed E-state index contributed by atoms with van der Waals surface area (Å²) < 4.78 is 0. The van der Waals surface area contributed by atoms with Crippen LogP contribution in [-0.4, -0.2) is 0 Å². The van der Waals surface area contributed by atoms with Crippen LogP contribution in [0.5, 0.6) is 0 Å². The van der Waals surface area contributed by atoms with E-state index < -0.39 is 0 Å². The Balaban J connectivity index is 1.66. The van der Waals surface area contributed by atoms with Crippen molar-refractivity contribution >= 4 is 0 Å². The largest absolute Gasteiger partial charge is 0.294 e. The highest BCUT2D eigenvalue weighted by Gasteiger charge is 2.09. The van der Waals surface area contributed by atoms with Crippen LogP contribution >= 0.6 is 0 Å². The van der Waals surface area contributed by atoms with E-state index >= 15 is 0 Å². The third-order valence-electron chi connectivity index (χ3n) is 3.84. The number of hydrogen-bond acceptors (Lipinski definition) is 2. The van der Waals surface area contributed by atoms with E-state index in [1.54, 1.807) is 0 Å². The van der Waals surface area contributed by atoms with Crippen molar-refractivity contribution in [3.05, 3.63) is 108 Å². The Bertz CT molecular complexity index is 637. The monoisotopic (exact) mass is 302 g/mol. The lowest BCUT2D eigenvalue weighted by Crippen LogP contribution is -2.33. The van der Waals surface area contributed by atoms with E-state index in [1.165, 1.54) is 16.7 Å². The van der Waals surface area contributed by atoms with Crippen LogP contribution in [-0.2, 0) is 13.1 Å². The first-order valence-corrected chi connectivity index (χ1v) is 8.01. The summed E-state index contributed by atoms with van der Waals surface area (Å²) in [4.78, 5) is 0. The zero-order valence-corrected chi connectivity index (χ0v) is 13.2. The van der Waals surface area contributed by atoms with E-state index in [0.717, 1.165) is 13.1 Å². The van der Waals surface area contributed by atoms with Crippen LogP contribution in [0.15, 0.2) is 91.0 Å². The number of hydrogen-bond donors (Lipinski definition) is 2. The van der Waals surface area contributed by atoms with Gasteiger partial charge in [-0.05, 0) is 16.7 Å². The number of rotatable bonds is 7. The van der Waals surface area contributed by atoms with E-state index in [4.69, 9.17) is 0 Å². The van der Waals surface area contributed by atoms with Crippen molar-refractivity contribution in [2.24, 2.45) is 0 Å². The third kappa shape index (κ3) is 4.78. The number of benzene rings is 3. The van der Waals surface area contributed by atoms with Gasteiger partial charge >= 0.3 is 0 Å². The summed E-state index contributed by atoms with van der Waals surface area (Å²) >= 11 is 0. The topological polar surface area (TPSA) is 24.1 Å². The highest BCUT2D eigenvalue weighted by molar-refractivity contribution is 5.21. The minimum Gasteiger partial charge on any atom is -0.294 e. The third-order valence-corrected chi connectivity index (χ3v) is 3.84.